The maximum atomic E-state index is 11.2. The Morgan fingerprint density at radius 1 is 1.00 bits per heavy atom. The van der Waals surface area contributed by atoms with E-state index in [0.29, 0.717) is 5.69 Å². The van der Waals surface area contributed by atoms with Crippen molar-refractivity contribution in [1.82, 2.24) is 0 Å². The summed E-state index contributed by atoms with van der Waals surface area (Å²) in [7, 11) is -3.65. The average Bonchev–Trinajstić information content (AvgIpc) is 2.92. The average molecular weight is 300 g/mol. The molecular weight excluding hydrogens is 284 g/mol. The van der Waals surface area contributed by atoms with Crippen molar-refractivity contribution in [3.63, 3.8) is 0 Å². The molecule has 0 aliphatic heterocycles. The lowest BCUT2D eigenvalue weighted by Crippen LogP contribution is -2.11. The molecule has 0 unspecified atom stereocenters. The van der Waals surface area contributed by atoms with Crippen molar-refractivity contribution < 1.29 is 8.42 Å². The molecule has 0 fully saturated rings. The van der Waals surface area contributed by atoms with Crippen LogP contribution < -0.4 is 5.14 Å². The smallest absolute Gasteiger partial charge is 0.238 e. The van der Waals surface area contributed by atoms with E-state index >= 15 is 0 Å². The van der Waals surface area contributed by atoms with E-state index in [1.165, 1.54) is 36.1 Å². The SMILES string of the molecule is NS(=O)(=O)c1ccc(N=Cc2ccc3c(c2)CCC3)cc1. The monoisotopic (exact) mass is 300 g/mol. The predicted octanol–water partition coefficient (Wildman–Crippen LogP) is 2.57. The molecule has 3 rings (SSSR count). The van der Waals surface area contributed by atoms with Gasteiger partial charge in [-0.25, -0.2) is 13.6 Å². The number of sulfonamides is 1. The standard InChI is InChI=1S/C16H16N2O2S/c17-21(19,20)16-8-6-15(7-9-16)18-11-12-4-5-13-2-1-3-14(13)10-12/h4-11H,1-3H2,(H2,17,19,20). The van der Waals surface area contributed by atoms with Crippen molar-refractivity contribution in [2.45, 2.75) is 24.2 Å². The lowest BCUT2D eigenvalue weighted by molar-refractivity contribution is 0.598. The molecule has 21 heavy (non-hydrogen) atoms. The Labute approximate surface area is 124 Å². The second-order valence-corrected chi connectivity index (χ2v) is 6.74. The van der Waals surface area contributed by atoms with Crippen molar-refractivity contribution in [1.29, 1.82) is 0 Å². The van der Waals surface area contributed by atoms with E-state index in [4.69, 9.17) is 5.14 Å². The third kappa shape index (κ3) is 3.20. The van der Waals surface area contributed by atoms with Gasteiger partial charge in [0.25, 0.3) is 0 Å². The number of primary sulfonamides is 1. The molecule has 5 heteroatoms. The van der Waals surface area contributed by atoms with E-state index in [0.717, 1.165) is 12.0 Å². The highest BCUT2D eigenvalue weighted by Gasteiger charge is 2.10. The quantitative estimate of drug-likeness (QED) is 0.885. The molecular formula is C16H16N2O2S. The summed E-state index contributed by atoms with van der Waals surface area (Å²) in [6.07, 6.45) is 5.33. The number of benzene rings is 2. The zero-order valence-corrected chi connectivity index (χ0v) is 12.3. The highest BCUT2D eigenvalue weighted by atomic mass is 32.2. The highest BCUT2D eigenvalue weighted by Crippen LogP contribution is 2.22. The molecule has 0 aromatic heterocycles. The summed E-state index contributed by atoms with van der Waals surface area (Å²) >= 11 is 0. The Bertz CT molecular complexity index is 794. The number of hydrogen-bond donors (Lipinski definition) is 1. The minimum absolute atomic E-state index is 0.0963. The minimum Gasteiger partial charge on any atom is -0.256 e. The summed E-state index contributed by atoms with van der Waals surface area (Å²) in [5, 5.41) is 5.06. The first kappa shape index (κ1) is 14.0. The van der Waals surface area contributed by atoms with Gasteiger partial charge >= 0.3 is 0 Å². The molecule has 0 saturated carbocycles. The lowest BCUT2D eigenvalue weighted by atomic mass is 10.1. The van der Waals surface area contributed by atoms with Crippen LogP contribution in [0.3, 0.4) is 0 Å². The van der Waals surface area contributed by atoms with Gasteiger partial charge in [0.15, 0.2) is 0 Å². The third-order valence-electron chi connectivity index (χ3n) is 3.65. The Balaban J connectivity index is 1.80. The van der Waals surface area contributed by atoms with Gasteiger partial charge in [-0.1, -0.05) is 12.1 Å². The van der Waals surface area contributed by atoms with Crippen molar-refractivity contribution in [2.75, 3.05) is 0 Å². The topological polar surface area (TPSA) is 72.5 Å². The number of hydrogen-bond acceptors (Lipinski definition) is 3. The van der Waals surface area contributed by atoms with Crippen LogP contribution in [0.25, 0.3) is 0 Å². The van der Waals surface area contributed by atoms with Crippen molar-refractivity contribution in [3.8, 4) is 0 Å². The minimum atomic E-state index is -3.65. The molecule has 1 aliphatic rings. The number of rotatable bonds is 3. The molecule has 4 nitrogen and oxygen atoms in total. The van der Waals surface area contributed by atoms with Gasteiger partial charge in [-0.3, -0.25) is 4.99 Å². The van der Waals surface area contributed by atoms with Gasteiger partial charge < -0.3 is 0 Å². The van der Waals surface area contributed by atoms with E-state index in [2.05, 4.69) is 23.2 Å². The molecule has 0 heterocycles. The number of aliphatic imine (C=N–C) groups is 1. The van der Waals surface area contributed by atoms with E-state index in [1.807, 2.05) is 0 Å². The first-order valence-electron chi connectivity index (χ1n) is 6.81. The van der Waals surface area contributed by atoms with Gasteiger partial charge in [0.05, 0.1) is 10.6 Å². The second-order valence-electron chi connectivity index (χ2n) is 5.18. The molecule has 0 bridgehead atoms. The van der Waals surface area contributed by atoms with Crippen LogP contribution in [-0.4, -0.2) is 14.6 Å². The van der Waals surface area contributed by atoms with Crippen molar-refractivity contribution >= 4 is 21.9 Å². The molecule has 2 aromatic rings. The Morgan fingerprint density at radius 2 is 1.71 bits per heavy atom. The van der Waals surface area contributed by atoms with E-state index < -0.39 is 10.0 Å². The lowest BCUT2D eigenvalue weighted by Gasteiger charge is -2.01. The van der Waals surface area contributed by atoms with Crippen LogP contribution in [0.15, 0.2) is 52.4 Å². The first-order chi connectivity index (χ1) is 10.0. The number of nitrogens with zero attached hydrogens (tertiary/aromatic N) is 1. The molecule has 0 spiro atoms. The Kier molecular flexibility index (Phi) is 3.61. The zero-order chi connectivity index (χ0) is 14.9. The molecule has 0 radical (unpaired) electrons. The van der Waals surface area contributed by atoms with Gasteiger partial charge in [0.2, 0.25) is 10.0 Å². The van der Waals surface area contributed by atoms with E-state index in [9.17, 15) is 8.42 Å². The van der Waals surface area contributed by atoms with Crippen molar-refractivity contribution in [3.05, 3.63) is 59.2 Å². The van der Waals surface area contributed by atoms with Crippen LogP contribution in [0.5, 0.6) is 0 Å². The van der Waals surface area contributed by atoms with Crippen molar-refractivity contribution in [2.24, 2.45) is 10.1 Å². The fraction of sp³-hybridized carbons (Fsp3) is 0.188. The van der Waals surface area contributed by atoms with Crippen LogP contribution in [0, 0.1) is 0 Å². The van der Waals surface area contributed by atoms with E-state index in [1.54, 1.807) is 18.3 Å². The van der Waals surface area contributed by atoms with Crippen LogP contribution in [-0.2, 0) is 22.9 Å². The van der Waals surface area contributed by atoms with Crippen LogP contribution in [0.4, 0.5) is 5.69 Å². The molecule has 2 aromatic carbocycles. The predicted molar refractivity (Wildman–Crippen MR) is 83.5 cm³/mol. The zero-order valence-electron chi connectivity index (χ0n) is 11.5. The molecule has 0 saturated heterocycles. The van der Waals surface area contributed by atoms with Crippen LogP contribution in [0.2, 0.25) is 0 Å². The van der Waals surface area contributed by atoms with Gasteiger partial charge in [-0.05, 0) is 66.3 Å². The summed E-state index contributed by atoms with van der Waals surface area (Å²) in [6, 6.07) is 12.6. The molecule has 1 aliphatic carbocycles. The summed E-state index contributed by atoms with van der Waals surface area (Å²) < 4.78 is 22.3. The third-order valence-corrected chi connectivity index (χ3v) is 4.58. The van der Waals surface area contributed by atoms with Gasteiger partial charge in [-0.2, -0.15) is 0 Å². The number of aryl methyl sites for hydroxylation is 2. The fourth-order valence-corrected chi connectivity index (χ4v) is 3.06. The summed E-state index contributed by atoms with van der Waals surface area (Å²) in [6.45, 7) is 0. The Hall–Kier alpha value is -1.98. The molecule has 0 amide bonds. The first-order valence-corrected chi connectivity index (χ1v) is 8.36. The molecule has 0 atom stereocenters. The van der Waals surface area contributed by atoms with Gasteiger partial charge in [-0.15, -0.1) is 0 Å². The maximum absolute atomic E-state index is 11.2. The number of fused-ring (bicyclic) bond motifs is 1. The van der Waals surface area contributed by atoms with Crippen LogP contribution >= 0.6 is 0 Å². The second kappa shape index (κ2) is 5.42. The van der Waals surface area contributed by atoms with Crippen LogP contribution in [0.1, 0.15) is 23.1 Å². The highest BCUT2D eigenvalue weighted by molar-refractivity contribution is 7.89. The largest absolute Gasteiger partial charge is 0.256 e. The molecule has 108 valence electrons. The number of nitrogens with two attached hydrogens (primary N) is 1. The summed E-state index contributed by atoms with van der Waals surface area (Å²) in [5.74, 6) is 0. The Morgan fingerprint density at radius 3 is 2.43 bits per heavy atom. The maximum Gasteiger partial charge on any atom is 0.238 e. The normalized spacial score (nSPS) is 14.5. The summed E-state index contributed by atoms with van der Waals surface area (Å²) in [5.41, 5.74) is 4.60. The van der Waals surface area contributed by atoms with Gasteiger partial charge in [0.1, 0.15) is 0 Å². The van der Waals surface area contributed by atoms with E-state index in [-0.39, 0.29) is 4.90 Å². The molecule has 2 N–H and O–H groups in total. The summed E-state index contributed by atoms with van der Waals surface area (Å²) in [4.78, 5) is 4.46. The van der Waals surface area contributed by atoms with Gasteiger partial charge in [0, 0.05) is 6.21 Å². The fourth-order valence-electron chi connectivity index (χ4n) is 2.54.